The number of benzene rings is 2. The second kappa shape index (κ2) is 9.48. The van der Waals surface area contributed by atoms with Gasteiger partial charge < -0.3 is 9.47 Å². The summed E-state index contributed by atoms with van der Waals surface area (Å²) in [7, 11) is 0. The van der Waals surface area contributed by atoms with E-state index in [1.54, 1.807) is 0 Å². The van der Waals surface area contributed by atoms with Crippen molar-refractivity contribution in [2.45, 2.75) is 31.7 Å². The van der Waals surface area contributed by atoms with Gasteiger partial charge in [-0.3, -0.25) is 10.3 Å². The van der Waals surface area contributed by atoms with Gasteiger partial charge in [0.25, 0.3) is 0 Å². The molecule has 158 valence electrons. The predicted molar refractivity (Wildman–Crippen MR) is 123 cm³/mol. The summed E-state index contributed by atoms with van der Waals surface area (Å²) in [6.07, 6.45) is 7.83. The van der Waals surface area contributed by atoms with Crippen LogP contribution in [0.15, 0.2) is 78.0 Å². The quantitative estimate of drug-likeness (QED) is 0.300. The van der Waals surface area contributed by atoms with Gasteiger partial charge in [-0.05, 0) is 30.9 Å². The van der Waals surface area contributed by atoms with E-state index in [1.807, 2.05) is 25.4 Å². The van der Waals surface area contributed by atoms with Crippen molar-refractivity contribution in [1.29, 1.82) is 5.26 Å². The lowest BCUT2D eigenvalue weighted by atomic mass is 9.72. The Kier molecular flexibility index (Phi) is 6.32. The standard InChI is InChI=1S/C25H28N6/c1-2-27-24(29-20-26)30-16-13-25(14-17-30,22-11-7-4-8-12-22)23-28-15-18-31(23)19-21-9-5-3-6-10-21/h3-12,15,18H,2,13-14,16-17,19H2,1H3,(H,27,29). The Morgan fingerprint density at radius 2 is 1.77 bits per heavy atom. The van der Waals surface area contributed by atoms with Crippen LogP contribution in [0, 0.1) is 11.5 Å². The normalized spacial score (nSPS) is 16.0. The third-order valence-electron chi connectivity index (χ3n) is 6.06. The average molecular weight is 413 g/mol. The van der Waals surface area contributed by atoms with Crippen LogP contribution in [0.2, 0.25) is 0 Å². The minimum atomic E-state index is -0.181. The van der Waals surface area contributed by atoms with E-state index >= 15 is 0 Å². The highest BCUT2D eigenvalue weighted by atomic mass is 15.3. The van der Waals surface area contributed by atoms with Gasteiger partial charge in [0.2, 0.25) is 5.96 Å². The van der Waals surface area contributed by atoms with Crippen molar-refractivity contribution in [2.24, 2.45) is 4.99 Å². The Labute approximate surface area is 183 Å². The molecule has 0 unspecified atom stereocenters. The lowest BCUT2D eigenvalue weighted by Crippen LogP contribution is -2.50. The molecule has 1 fully saturated rings. The summed E-state index contributed by atoms with van der Waals surface area (Å²) in [6, 6.07) is 21.2. The number of hydrogen-bond acceptors (Lipinski definition) is 3. The molecule has 2 heterocycles. The number of nitriles is 1. The van der Waals surface area contributed by atoms with Gasteiger partial charge in [-0.1, -0.05) is 60.7 Å². The van der Waals surface area contributed by atoms with Crippen molar-refractivity contribution in [2.75, 3.05) is 19.6 Å². The first kappa shape index (κ1) is 20.7. The highest BCUT2D eigenvalue weighted by molar-refractivity contribution is 5.81. The van der Waals surface area contributed by atoms with Crippen molar-refractivity contribution in [3.05, 3.63) is 90.0 Å². The Hall–Kier alpha value is -3.59. The summed E-state index contributed by atoms with van der Waals surface area (Å²) in [4.78, 5) is 11.5. The van der Waals surface area contributed by atoms with Crippen molar-refractivity contribution < 1.29 is 0 Å². The van der Waals surface area contributed by atoms with Crippen LogP contribution >= 0.6 is 0 Å². The number of nitrogens with zero attached hydrogens (tertiary/aromatic N) is 5. The van der Waals surface area contributed by atoms with Crippen molar-refractivity contribution in [3.8, 4) is 6.19 Å². The molecular weight excluding hydrogens is 384 g/mol. The number of nitrogens with one attached hydrogen (secondary N) is 1. The smallest absolute Gasteiger partial charge is 0.207 e. The molecule has 1 saturated heterocycles. The Bertz CT molecular complexity index is 1040. The van der Waals surface area contributed by atoms with E-state index in [9.17, 15) is 0 Å². The Balaban J connectivity index is 1.68. The largest absolute Gasteiger partial charge is 0.342 e. The molecule has 0 bridgehead atoms. The maximum atomic E-state index is 9.12. The van der Waals surface area contributed by atoms with Crippen molar-refractivity contribution in [1.82, 2.24) is 19.8 Å². The summed E-state index contributed by atoms with van der Waals surface area (Å²) >= 11 is 0. The summed E-state index contributed by atoms with van der Waals surface area (Å²) in [5.74, 6) is 1.77. The monoisotopic (exact) mass is 412 g/mol. The van der Waals surface area contributed by atoms with Crippen LogP contribution in [0.1, 0.15) is 36.7 Å². The zero-order valence-electron chi connectivity index (χ0n) is 17.9. The highest BCUT2D eigenvalue weighted by Crippen LogP contribution is 2.41. The number of piperidine rings is 1. The van der Waals surface area contributed by atoms with Gasteiger partial charge in [0.1, 0.15) is 5.82 Å². The minimum absolute atomic E-state index is 0.181. The number of guanidine groups is 1. The van der Waals surface area contributed by atoms with Gasteiger partial charge in [-0.25, -0.2) is 4.98 Å². The SMILES string of the molecule is CCN=C(NC#N)N1CCC(c2ccccc2)(c2nccn2Cc2ccccc2)CC1. The predicted octanol–water partition coefficient (Wildman–Crippen LogP) is 3.76. The molecular formula is C25H28N6. The second-order valence-electron chi connectivity index (χ2n) is 7.83. The maximum absolute atomic E-state index is 9.12. The molecule has 1 aliphatic heterocycles. The van der Waals surface area contributed by atoms with Crippen LogP contribution in [0.5, 0.6) is 0 Å². The number of aromatic nitrogens is 2. The zero-order chi connectivity index (χ0) is 21.5. The van der Waals surface area contributed by atoms with E-state index in [0.717, 1.165) is 38.3 Å². The molecule has 2 aromatic carbocycles. The summed E-state index contributed by atoms with van der Waals surface area (Å²) in [5, 5.41) is 11.9. The summed E-state index contributed by atoms with van der Waals surface area (Å²) in [5.41, 5.74) is 2.37. The first-order valence-electron chi connectivity index (χ1n) is 10.8. The van der Waals surface area contributed by atoms with Crippen LogP contribution in [0.25, 0.3) is 0 Å². The number of rotatable bonds is 5. The summed E-state index contributed by atoms with van der Waals surface area (Å²) in [6.45, 7) is 5.04. The van der Waals surface area contributed by atoms with Crippen LogP contribution in [0.3, 0.4) is 0 Å². The minimum Gasteiger partial charge on any atom is -0.342 e. The van der Waals surface area contributed by atoms with Crippen molar-refractivity contribution in [3.63, 3.8) is 0 Å². The molecule has 0 radical (unpaired) electrons. The molecule has 3 aromatic rings. The van der Waals surface area contributed by atoms with E-state index in [2.05, 4.69) is 80.6 Å². The molecule has 6 heteroatoms. The van der Waals surface area contributed by atoms with Gasteiger partial charge in [0.05, 0.1) is 5.41 Å². The fourth-order valence-corrected chi connectivity index (χ4v) is 4.55. The average Bonchev–Trinajstić information content (AvgIpc) is 3.29. The number of likely N-dealkylation sites (tertiary alicyclic amines) is 1. The number of imidazole rings is 1. The molecule has 1 N–H and O–H groups in total. The Morgan fingerprint density at radius 1 is 1.10 bits per heavy atom. The first-order chi connectivity index (χ1) is 15.3. The van der Waals surface area contributed by atoms with E-state index in [-0.39, 0.29) is 5.41 Å². The van der Waals surface area contributed by atoms with E-state index in [4.69, 9.17) is 10.2 Å². The van der Waals surface area contributed by atoms with Crippen LogP contribution in [-0.2, 0) is 12.0 Å². The molecule has 31 heavy (non-hydrogen) atoms. The lowest BCUT2D eigenvalue weighted by Gasteiger charge is -2.42. The highest BCUT2D eigenvalue weighted by Gasteiger charge is 2.41. The van der Waals surface area contributed by atoms with Gasteiger partial charge in [-0.15, -0.1) is 0 Å². The molecule has 4 rings (SSSR count). The van der Waals surface area contributed by atoms with Crippen LogP contribution in [-0.4, -0.2) is 40.0 Å². The third kappa shape index (κ3) is 4.31. The van der Waals surface area contributed by atoms with Crippen LogP contribution in [0.4, 0.5) is 0 Å². The first-order valence-corrected chi connectivity index (χ1v) is 10.8. The van der Waals surface area contributed by atoms with Gasteiger partial charge in [0.15, 0.2) is 6.19 Å². The fourth-order valence-electron chi connectivity index (χ4n) is 4.55. The van der Waals surface area contributed by atoms with Gasteiger partial charge in [0, 0.05) is 38.6 Å². The maximum Gasteiger partial charge on any atom is 0.207 e. The fraction of sp³-hybridized carbons (Fsp3) is 0.320. The number of hydrogen-bond donors (Lipinski definition) is 1. The van der Waals surface area contributed by atoms with E-state index < -0.39 is 0 Å². The lowest BCUT2D eigenvalue weighted by molar-refractivity contribution is 0.241. The van der Waals surface area contributed by atoms with E-state index in [1.165, 1.54) is 11.1 Å². The van der Waals surface area contributed by atoms with Gasteiger partial charge >= 0.3 is 0 Å². The van der Waals surface area contributed by atoms with Gasteiger partial charge in [-0.2, -0.15) is 5.26 Å². The third-order valence-corrected chi connectivity index (χ3v) is 6.06. The molecule has 0 saturated carbocycles. The molecule has 6 nitrogen and oxygen atoms in total. The van der Waals surface area contributed by atoms with E-state index in [0.29, 0.717) is 12.5 Å². The molecule has 0 atom stereocenters. The molecule has 1 aromatic heterocycles. The van der Waals surface area contributed by atoms with Crippen molar-refractivity contribution >= 4 is 5.96 Å². The Morgan fingerprint density at radius 3 is 2.42 bits per heavy atom. The number of aliphatic imine (C=N–C) groups is 1. The summed E-state index contributed by atoms with van der Waals surface area (Å²) < 4.78 is 2.28. The molecule has 1 aliphatic rings. The molecule has 0 aliphatic carbocycles. The van der Waals surface area contributed by atoms with Crippen LogP contribution < -0.4 is 5.32 Å². The topological polar surface area (TPSA) is 69.2 Å². The zero-order valence-corrected chi connectivity index (χ0v) is 17.9. The molecule has 0 spiro atoms. The molecule has 0 amide bonds. The second-order valence-corrected chi connectivity index (χ2v) is 7.83.